The van der Waals surface area contributed by atoms with Crippen LogP contribution in [0.2, 0.25) is 0 Å². The Labute approximate surface area is 142 Å². The summed E-state index contributed by atoms with van der Waals surface area (Å²) >= 11 is 0. The van der Waals surface area contributed by atoms with E-state index in [4.69, 9.17) is 4.74 Å². The molecule has 0 fully saturated rings. The quantitative estimate of drug-likeness (QED) is 0.520. The van der Waals surface area contributed by atoms with Crippen LogP contribution in [0.15, 0.2) is 79.1 Å². The predicted molar refractivity (Wildman–Crippen MR) is 94.2 cm³/mol. The highest BCUT2D eigenvalue weighted by Gasteiger charge is 2.22. The largest absolute Gasteiger partial charge is 0.423 e. The summed E-state index contributed by atoms with van der Waals surface area (Å²) in [5, 5.41) is 0. The number of esters is 1. The summed E-state index contributed by atoms with van der Waals surface area (Å²) in [6.45, 7) is 4.36. The standard InChI is InChI=1S/C21H19NO2/c1-21(2,17-8-4-3-5-9-17)18-10-12-19(13-11-18)24-20(23)16-7-6-14-22-15-16/h3-15H,1-2H3. The molecule has 3 aromatic rings. The van der Waals surface area contributed by atoms with E-state index in [1.165, 1.54) is 11.8 Å². The first-order chi connectivity index (χ1) is 11.6. The Morgan fingerprint density at radius 2 is 1.54 bits per heavy atom. The lowest BCUT2D eigenvalue weighted by Crippen LogP contribution is -2.18. The van der Waals surface area contributed by atoms with Crippen molar-refractivity contribution in [2.45, 2.75) is 19.3 Å². The summed E-state index contributed by atoms with van der Waals surface area (Å²) in [6, 6.07) is 21.4. The second-order valence-electron chi connectivity index (χ2n) is 6.15. The van der Waals surface area contributed by atoms with E-state index < -0.39 is 5.97 Å². The second-order valence-corrected chi connectivity index (χ2v) is 6.15. The van der Waals surface area contributed by atoms with Gasteiger partial charge in [-0.2, -0.15) is 0 Å². The van der Waals surface area contributed by atoms with E-state index in [0.717, 1.165) is 5.56 Å². The summed E-state index contributed by atoms with van der Waals surface area (Å²) in [5.41, 5.74) is 2.72. The van der Waals surface area contributed by atoms with E-state index >= 15 is 0 Å². The first-order valence-corrected chi connectivity index (χ1v) is 7.85. The van der Waals surface area contributed by atoms with Crippen molar-refractivity contribution < 1.29 is 9.53 Å². The molecule has 0 unspecified atom stereocenters. The van der Waals surface area contributed by atoms with Gasteiger partial charge in [0.1, 0.15) is 5.75 Å². The lowest BCUT2D eigenvalue weighted by molar-refractivity contribution is 0.0734. The molecule has 0 radical (unpaired) electrons. The molecule has 3 heteroatoms. The molecule has 0 spiro atoms. The first kappa shape index (κ1) is 15.9. The van der Waals surface area contributed by atoms with Crippen molar-refractivity contribution in [2.24, 2.45) is 0 Å². The molecule has 0 saturated carbocycles. The molecule has 0 aliphatic rings. The van der Waals surface area contributed by atoms with Gasteiger partial charge in [0.2, 0.25) is 0 Å². The van der Waals surface area contributed by atoms with Gasteiger partial charge in [-0.3, -0.25) is 4.98 Å². The van der Waals surface area contributed by atoms with Gasteiger partial charge in [-0.15, -0.1) is 0 Å². The van der Waals surface area contributed by atoms with E-state index in [9.17, 15) is 4.79 Å². The minimum absolute atomic E-state index is 0.118. The molecule has 3 rings (SSSR count). The van der Waals surface area contributed by atoms with Gasteiger partial charge in [0.05, 0.1) is 5.56 Å². The number of rotatable bonds is 4. The molecule has 0 aliphatic heterocycles. The lowest BCUT2D eigenvalue weighted by Gasteiger charge is -2.26. The molecular formula is C21H19NO2. The summed E-state index contributed by atoms with van der Waals surface area (Å²) < 4.78 is 5.39. The van der Waals surface area contributed by atoms with Crippen LogP contribution in [0.25, 0.3) is 0 Å². The molecular weight excluding hydrogens is 298 g/mol. The molecule has 0 saturated heterocycles. The number of benzene rings is 2. The normalized spacial score (nSPS) is 11.1. The maximum absolute atomic E-state index is 12.1. The zero-order valence-electron chi connectivity index (χ0n) is 13.8. The highest BCUT2D eigenvalue weighted by molar-refractivity contribution is 5.90. The zero-order valence-corrected chi connectivity index (χ0v) is 13.8. The van der Waals surface area contributed by atoms with E-state index in [0.29, 0.717) is 11.3 Å². The van der Waals surface area contributed by atoms with E-state index in [-0.39, 0.29) is 5.41 Å². The van der Waals surface area contributed by atoms with Gasteiger partial charge in [-0.1, -0.05) is 56.3 Å². The molecule has 2 aromatic carbocycles. The maximum Gasteiger partial charge on any atom is 0.345 e. The van der Waals surface area contributed by atoms with Crippen molar-refractivity contribution >= 4 is 5.97 Å². The molecule has 0 aliphatic carbocycles. The summed E-state index contributed by atoms with van der Waals surface area (Å²) in [7, 11) is 0. The molecule has 1 heterocycles. The summed E-state index contributed by atoms with van der Waals surface area (Å²) in [6.07, 6.45) is 3.12. The van der Waals surface area contributed by atoms with Crippen LogP contribution < -0.4 is 4.74 Å². The molecule has 0 N–H and O–H groups in total. The van der Waals surface area contributed by atoms with Gasteiger partial charge in [-0.25, -0.2) is 4.79 Å². The van der Waals surface area contributed by atoms with Crippen LogP contribution in [0.5, 0.6) is 5.75 Å². The van der Waals surface area contributed by atoms with Crippen LogP contribution in [0, 0.1) is 0 Å². The fourth-order valence-electron chi connectivity index (χ4n) is 2.61. The van der Waals surface area contributed by atoms with Gasteiger partial charge in [-0.05, 0) is 35.4 Å². The third kappa shape index (κ3) is 3.35. The zero-order chi connectivity index (χ0) is 17.0. The number of aromatic nitrogens is 1. The minimum Gasteiger partial charge on any atom is -0.423 e. The van der Waals surface area contributed by atoms with E-state index in [2.05, 4.69) is 31.0 Å². The van der Waals surface area contributed by atoms with Crippen molar-refractivity contribution in [3.05, 3.63) is 95.8 Å². The van der Waals surface area contributed by atoms with Crippen LogP contribution in [0.3, 0.4) is 0 Å². The van der Waals surface area contributed by atoms with Crippen molar-refractivity contribution in [1.82, 2.24) is 4.98 Å². The van der Waals surface area contributed by atoms with Crippen molar-refractivity contribution in [3.63, 3.8) is 0 Å². The number of hydrogen-bond acceptors (Lipinski definition) is 3. The Morgan fingerprint density at radius 1 is 0.875 bits per heavy atom. The smallest absolute Gasteiger partial charge is 0.345 e. The Morgan fingerprint density at radius 3 is 2.17 bits per heavy atom. The Bertz CT molecular complexity index is 809. The topological polar surface area (TPSA) is 39.2 Å². The van der Waals surface area contributed by atoms with Crippen LogP contribution in [0.1, 0.15) is 35.3 Å². The highest BCUT2D eigenvalue weighted by Crippen LogP contribution is 2.32. The molecule has 120 valence electrons. The van der Waals surface area contributed by atoms with Crippen LogP contribution >= 0.6 is 0 Å². The maximum atomic E-state index is 12.1. The Balaban J connectivity index is 1.77. The number of carbonyl (C=O) groups is 1. The SMILES string of the molecule is CC(C)(c1ccccc1)c1ccc(OC(=O)c2cccnc2)cc1. The molecule has 3 nitrogen and oxygen atoms in total. The molecule has 0 amide bonds. The van der Waals surface area contributed by atoms with Crippen LogP contribution in [-0.2, 0) is 5.41 Å². The second kappa shape index (κ2) is 6.67. The van der Waals surface area contributed by atoms with Crippen LogP contribution in [-0.4, -0.2) is 11.0 Å². The Kier molecular flexibility index (Phi) is 4.43. The predicted octanol–water partition coefficient (Wildman–Crippen LogP) is 4.63. The number of pyridine rings is 1. The van der Waals surface area contributed by atoms with Gasteiger partial charge < -0.3 is 4.74 Å². The minimum atomic E-state index is -0.404. The summed E-state index contributed by atoms with van der Waals surface area (Å²) in [5.74, 6) is 0.120. The third-order valence-corrected chi connectivity index (χ3v) is 4.18. The van der Waals surface area contributed by atoms with Gasteiger partial charge in [0, 0.05) is 17.8 Å². The number of nitrogens with zero attached hydrogens (tertiary/aromatic N) is 1. The third-order valence-electron chi connectivity index (χ3n) is 4.18. The average Bonchev–Trinajstić information content (AvgIpc) is 2.63. The fraction of sp³-hybridized carbons (Fsp3) is 0.143. The number of ether oxygens (including phenoxy) is 1. The number of hydrogen-bond donors (Lipinski definition) is 0. The van der Waals surface area contributed by atoms with Crippen molar-refractivity contribution in [1.29, 1.82) is 0 Å². The molecule has 0 atom stereocenters. The first-order valence-electron chi connectivity index (χ1n) is 7.85. The molecule has 24 heavy (non-hydrogen) atoms. The van der Waals surface area contributed by atoms with Crippen molar-refractivity contribution in [2.75, 3.05) is 0 Å². The van der Waals surface area contributed by atoms with Crippen LogP contribution in [0.4, 0.5) is 0 Å². The van der Waals surface area contributed by atoms with Gasteiger partial charge >= 0.3 is 5.97 Å². The van der Waals surface area contributed by atoms with E-state index in [1.807, 2.05) is 42.5 Å². The Hall–Kier alpha value is -2.94. The molecule has 0 bridgehead atoms. The van der Waals surface area contributed by atoms with Crippen molar-refractivity contribution in [3.8, 4) is 5.75 Å². The molecule has 1 aromatic heterocycles. The summed E-state index contributed by atoms with van der Waals surface area (Å²) in [4.78, 5) is 16.0. The van der Waals surface area contributed by atoms with E-state index in [1.54, 1.807) is 18.3 Å². The highest BCUT2D eigenvalue weighted by atomic mass is 16.5. The van der Waals surface area contributed by atoms with Gasteiger partial charge in [0.15, 0.2) is 0 Å². The average molecular weight is 317 g/mol. The monoisotopic (exact) mass is 317 g/mol. The number of carbonyl (C=O) groups excluding carboxylic acids is 1. The van der Waals surface area contributed by atoms with Gasteiger partial charge in [0.25, 0.3) is 0 Å². The lowest BCUT2D eigenvalue weighted by atomic mass is 9.78. The fourth-order valence-corrected chi connectivity index (χ4v) is 2.61.